The first-order valence-corrected chi connectivity index (χ1v) is 5.20. The highest BCUT2D eigenvalue weighted by atomic mass is 16.1. The number of hydrogen-bond donors (Lipinski definition) is 0. The van der Waals surface area contributed by atoms with E-state index in [0.717, 1.165) is 11.5 Å². The molecule has 2 aromatic heterocycles. The molecule has 0 saturated carbocycles. The molecule has 0 aliphatic rings. The second-order valence-corrected chi connectivity index (χ2v) is 3.85. The molecule has 0 saturated heterocycles. The number of pyridine rings is 1. The van der Waals surface area contributed by atoms with Gasteiger partial charge in [0.1, 0.15) is 17.5 Å². The Hall–Kier alpha value is -2.35. The Labute approximate surface area is 98.6 Å². The van der Waals surface area contributed by atoms with Crippen LogP contribution >= 0.6 is 0 Å². The molecular weight excluding hydrogens is 216 g/mol. The van der Waals surface area contributed by atoms with Crippen LogP contribution in [-0.4, -0.2) is 14.1 Å². The van der Waals surface area contributed by atoms with Crippen LogP contribution in [0.5, 0.6) is 0 Å². The lowest BCUT2D eigenvalue weighted by Gasteiger charge is -2.09. The number of nitriles is 1. The minimum absolute atomic E-state index is 0.157. The zero-order chi connectivity index (χ0) is 12.4. The molecule has 5 nitrogen and oxygen atoms in total. The van der Waals surface area contributed by atoms with E-state index in [2.05, 4.69) is 4.98 Å². The van der Waals surface area contributed by atoms with Crippen LogP contribution in [0.3, 0.4) is 0 Å². The molecule has 0 aliphatic carbocycles. The number of imidazole rings is 1. The summed E-state index contributed by atoms with van der Waals surface area (Å²) in [6.07, 6.45) is 3.51. The van der Waals surface area contributed by atoms with E-state index in [9.17, 15) is 4.79 Å². The average molecular weight is 228 g/mol. The quantitative estimate of drug-likeness (QED) is 0.764. The molecule has 0 radical (unpaired) electrons. The molecule has 86 valence electrons. The van der Waals surface area contributed by atoms with Crippen LogP contribution in [0.25, 0.3) is 0 Å². The van der Waals surface area contributed by atoms with Crippen LogP contribution in [0.1, 0.15) is 17.1 Å². The number of rotatable bonds is 2. The largest absolute Gasteiger partial charge is 0.337 e. The lowest BCUT2D eigenvalue weighted by atomic mass is 10.2. The van der Waals surface area contributed by atoms with E-state index >= 15 is 0 Å². The van der Waals surface area contributed by atoms with Crippen molar-refractivity contribution in [1.29, 1.82) is 5.26 Å². The molecule has 0 fully saturated rings. The van der Waals surface area contributed by atoms with Crippen molar-refractivity contribution in [3.05, 3.63) is 52.0 Å². The Morgan fingerprint density at radius 1 is 1.47 bits per heavy atom. The maximum atomic E-state index is 12.0. The monoisotopic (exact) mass is 228 g/mol. The third kappa shape index (κ3) is 1.97. The molecule has 0 unspecified atom stereocenters. The smallest absolute Gasteiger partial charge is 0.269 e. The summed E-state index contributed by atoms with van der Waals surface area (Å²) in [6, 6.07) is 5.21. The van der Waals surface area contributed by atoms with Crippen molar-refractivity contribution in [3.63, 3.8) is 0 Å². The van der Waals surface area contributed by atoms with E-state index in [1.54, 1.807) is 22.9 Å². The highest BCUT2D eigenvalue weighted by molar-refractivity contribution is 5.27. The number of aryl methyl sites for hydroxylation is 2. The SMILES string of the molecule is Cc1ccc(C#N)c(=O)n1Cc1nccn1C. The van der Waals surface area contributed by atoms with E-state index in [-0.39, 0.29) is 11.1 Å². The molecule has 17 heavy (non-hydrogen) atoms. The summed E-state index contributed by atoms with van der Waals surface area (Å²) in [4.78, 5) is 16.1. The fraction of sp³-hybridized carbons (Fsp3) is 0.250. The lowest BCUT2D eigenvalue weighted by Crippen LogP contribution is -2.25. The van der Waals surface area contributed by atoms with Gasteiger partial charge in [0.15, 0.2) is 0 Å². The van der Waals surface area contributed by atoms with Crippen LogP contribution in [0, 0.1) is 18.3 Å². The van der Waals surface area contributed by atoms with Crippen molar-refractivity contribution in [1.82, 2.24) is 14.1 Å². The molecule has 2 heterocycles. The Morgan fingerprint density at radius 2 is 2.24 bits per heavy atom. The molecule has 0 aromatic carbocycles. The van der Waals surface area contributed by atoms with Crippen molar-refractivity contribution < 1.29 is 0 Å². The van der Waals surface area contributed by atoms with Gasteiger partial charge in [0, 0.05) is 25.1 Å². The van der Waals surface area contributed by atoms with Crippen molar-refractivity contribution >= 4 is 0 Å². The van der Waals surface area contributed by atoms with Gasteiger partial charge in [0.2, 0.25) is 0 Å². The minimum Gasteiger partial charge on any atom is -0.337 e. The van der Waals surface area contributed by atoms with Gasteiger partial charge in [-0.15, -0.1) is 0 Å². The molecule has 0 N–H and O–H groups in total. The Bertz CT molecular complexity index is 645. The van der Waals surface area contributed by atoms with Gasteiger partial charge >= 0.3 is 0 Å². The summed E-state index contributed by atoms with van der Waals surface area (Å²) in [5.41, 5.74) is 0.706. The van der Waals surface area contributed by atoms with E-state index in [1.165, 1.54) is 0 Å². The van der Waals surface area contributed by atoms with Crippen LogP contribution in [0.2, 0.25) is 0 Å². The highest BCUT2D eigenvalue weighted by Crippen LogP contribution is 2.02. The van der Waals surface area contributed by atoms with E-state index in [1.807, 2.05) is 30.8 Å². The number of nitrogens with zero attached hydrogens (tertiary/aromatic N) is 4. The first-order valence-electron chi connectivity index (χ1n) is 5.20. The molecule has 0 atom stereocenters. The maximum Gasteiger partial charge on any atom is 0.269 e. The summed E-state index contributed by atoms with van der Waals surface area (Å²) in [5.74, 6) is 0.783. The molecule has 2 aromatic rings. The molecule has 0 bridgehead atoms. The van der Waals surface area contributed by atoms with Gasteiger partial charge in [-0.05, 0) is 19.1 Å². The second-order valence-electron chi connectivity index (χ2n) is 3.85. The number of aromatic nitrogens is 3. The lowest BCUT2D eigenvalue weighted by molar-refractivity contribution is 0.660. The topological polar surface area (TPSA) is 63.6 Å². The fourth-order valence-corrected chi connectivity index (χ4v) is 1.64. The number of hydrogen-bond acceptors (Lipinski definition) is 3. The summed E-state index contributed by atoms with van der Waals surface area (Å²) in [5, 5.41) is 8.83. The molecule has 2 rings (SSSR count). The predicted octanol–water partition coefficient (Wildman–Crippen LogP) is 0.810. The van der Waals surface area contributed by atoms with Gasteiger partial charge in [0.25, 0.3) is 5.56 Å². The van der Waals surface area contributed by atoms with Crippen LogP contribution < -0.4 is 5.56 Å². The van der Waals surface area contributed by atoms with Crippen LogP contribution in [0.15, 0.2) is 29.3 Å². The van der Waals surface area contributed by atoms with Crippen molar-refractivity contribution in [2.45, 2.75) is 13.5 Å². The van der Waals surface area contributed by atoms with E-state index < -0.39 is 0 Å². The minimum atomic E-state index is -0.268. The van der Waals surface area contributed by atoms with Gasteiger partial charge in [-0.25, -0.2) is 4.98 Å². The van der Waals surface area contributed by atoms with E-state index in [4.69, 9.17) is 5.26 Å². The summed E-state index contributed by atoms with van der Waals surface area (Å²) in [7, 11) is 1.87. The van der Waals surface area contributed by atoms with Gasteiger partial charge < -0.3 is 9.13 Å². The first-order chi connectivity index (χ1) is 8.13. The molecule has 5 heteroatoms. The second kappa shape index (κ2) is 4.26. The Morgan fingerprint density at radius 3 is 2.82 bits per heavy atom. The van der Waals surface area contributed by atoms with Crippen molar-refractivity contribution in [2.75, 3.05) is 0 Å². The van der Waals surface area contributed by atoms with Crippen LogP contribution in [-0.2, 0) is 13.6 Å². The van der Waals surface area contributed by atoms with Crippen molar-refractivity contribution in [3.8, 4) is 6.07 Å². The summed E-state index contributed by atoms with van der Waals surface area (Å²) < 4.78 is 3.41. The average Bonchev–Trinajstić information content (AvgIpc) is 2.70. The summed E-state index contributed by atoms with van der Waals surface area (Å²) >= 11 is 0. The van der Waals surface area contributed by atoms with Gasteiger partial charge in [-0.1, -0.05) is 0 Å². The first kappa shape index (κ1) is 11.1. The standard InChI is InChI=1S/C12H12N4O/c1-9-3-4-10(7-13)12(17)16(9)8-11-14-5-6-15(11)2/h3-6H,8H2,1-2H3. The van der Waals surface area contributed by atoms with Gasteiger partial charge in [-0.2, -0.15) is 5.26 Å². The zero-order valence-electron chi connectivity index (χ0n) is 9.71. The van der Waals surface area contributed by atoms with Gasteiger partial charge in [0.05, 0.1) is 6.54 Å². The third-order valence-electron chi connectivity index (χ3n) is 2.73. The van der Waals surface area contributed by atoms with Crippen LogP contribution in [0.4, 0.5) is 0 Å². The molecular formula is C12H12N4O. The normalized spacial score (nSPS) is 10.2. The Balaban J connectivity index is 2.50. The predicted molar refractivity (Wildman–Crippen MR) is 62.5 cm³/mol. The van der Waals surface area contributed by atoms with Gasteiger partial charge in [-0.3, -0.25) is 4.79 Å². The van der Waals surface area contributed by atoms with Crippen molar-refractivity contribution in [2.24, 2.45) is 7.05 Å². The third-order valence-corrected chi connectivity index (χ3v) is 2.73. The Kier molecular flexibility index (Phi) is 2.79. The highest BCUT2D eigenvalue weighted by Gasteiger charge is 2.08. The molecule has 0 aliphatic heterocycles. The van der Waals surface area contributed by atoms with E-state index in [0.29, 0.717) is 6.54 Å². The molecule has 0 amide bonds. The fourth-order valence-electron chi connectivity index (χ4n) is 1.64. The maximum absolute atomic E-state index is 12.0. The zero-order valence-corrected chi connectivity index (χ0v) is 9.71. The summed E-state index contributed by atoms with van der Waals surface area (Å²) in [6.45, 7) is 2.22. The molecule has 0 spiro atoms.